The van der Waals surface area contributed by atoms with Crippen LogP contribution in [0.2, 0.25) is 0 Å². The Labute approximate surface area is 127 Å². The van der Waals surface area contributed by atoms with E-state index >= 15 is 0 Å². The molecule has 0 aliphatic rings. The fourth-order valence-electron chi connectivity index (χ4n) is 2.48. The van der Waals surface area contributed by atoms with Crippen molar-refractivity contribution in [2.75, 3.05) is 12.4 Å². The molecule has 2 heterocycles. The number of H-pyrrole nitrogens is 2. The van der Waals surface area contributed by atoms with Crippen molar-refractivity contribution >= 4 is 16.6 Å². The zero-order valence-corrected chi connectivity index (χ0v) is 12.8. The summed E-state index contributed by atoms with van der Waals surface area (Å²) in [5.74, 6) is 0.764. The molecule has 1 aromatic carbocycles. The second-order valence-electron chi connectivity index (χ2n) is 5.24. The van der Waals surface area contributed by atoms with Crippen LogP contribution < -0.4 is 15.6 Å². The molecule has 22 heavy (non-hydrogen) atoms. The van der Waals surface area contributed by atoms with Gasteiger partial charge in [0.1, 0.15) is 5.75 Å². The van der Waals surface area contributed by atoms with Crippen molar-refractivity contribution in [1.29, 1.82) is 0 Å². The summed E-state index contributed by atoms with van der Waals surface area (Å²) >= 11 is 0. The number of aryl methyl sites for hydroxylation is 2. The molecule has 0 saturated carbocycles. The van der Waals surface area contributed by atoms with Crippen LogP contribution in [-0.4, -0.2) is 22.3 Å². The van der Waals surface area contributed by atoms with Crippen LogP contribution in [0, 0.1) is 13.8 Å². The van der Waals surface area contributed by atoms with E-state index in [0.29, 0.717) is 12.1 Å². The van der Waals surface area contributed by atoms with Crippen LogP contribution in [0.5, 0.6) is 5.75 Å². The number of rotatable bonds is 4. The van der Waals surface area contributed by atoms with Crippen LogP contribution in [0.1, 0.15) is 17.0 Å². The van der Waals surface area contributed by atoms with Gasteiger partial charge < -0.3 is 15.0 Å². The highest BCUT2D eigenvalue weighted by Gasteiger charge is 2.08. The van der Waals surface area contributed by atoms with Gasteiger partial charge in [0.05, 0.1) is 24.2 Å². The van der Waals surface area contributed by atoms with E-state index in [2.05, 4.69) is 20.5 Å². The van der Waals surface area contributed by atoms with Crippen LogP contribution in [0.15, 0.2) is 29.1 Å². The third-order valence-corrected chi connectivity index (χ3v) is 3.71. The first-order valence-electron chi connectivity index (χ1n) is 7.04. The van der Waals surface area contributed by atoms with Gasteiger partial charge in [-0.1, -0.05) is 0 Å². The van der Waals surface area contributed by atoms with Gasteiger partial charge in [0.15, 0.2) is 0 Å². The molecular formula is C16H18N4O2. The number of fused-ring (bicyclic) bond motifs is 1. The molecule has 6 heteroatoms. The lowest BCUT2D eigenvalue weighted by Gasteiger charge is -2.08. The first kappa shape index (κ1) is 14.2. The number of aromatic nitrogens is 3. The number of benzene rings is 1. The smallest absolute Gasteiger partial charge is 0.253 e. The minimum absolute atomic E-state index is 0.0935. The maximum atomic E-state index is 12.2. The molecule has 0 unspecified atom stereocenters. The van der Waals surface area contributed by atoms with Gasteiger partial charge in [-0.05, 0) is 38.1 Å². The molecule has 0 aliphatic carbocycles. The number of nitrogens with one attached hydrogen (secondary N) is 3. The number of hydrogen-bond acceptors (Lipinski definition) is 4. The van der Waals surface area contributed by atoms with Crippen molar-refractivity contribution in [3.8, 4) is 5.75 Å². The lowest BCUT2D eigenvalue weighted by Crippen LogP contribution is -2.16. The number of aromatic amines is 2. The number of hydrogen-bond donors (Lipinski definition) is 3. The van der Waals surface area contributed by atoms with Gasteiger partial charge in [0.25, 0.3) is 5.56 Å². The summed E-state index contributed by atoms with van der Waals surface area (Å²) in [5.41, 5.74) is 4.15. The predicted octanol–water partition coefficient (Wildman–Crippen LogP) is 2.49. The molecule has 0 radical (unpaired) electrons. The second kappa shape index (κ2) is 5.55. The van der Waals surface area contributed by atoms with Crippen molar-refractivity contribution in [3.05, 3.63) is 51.6 Å². The minimum Gasteiger partial charge on any atom is -0.497 e. The van der Waals surface area contributed by atoms with Crippen molar-refractivity contribution in [1.82, 2.24) is 15.2 Å². The molecule has 6 nitrogen and oxygen atoms in total. The summed E-state index contributed by atoms with van der Waals surface area (Å²) in [5, 5.41) is 11.3. The number of pyridine rings is 1. The summed E-state index contributed by atoms with van der Waals surface area (Å²) in [4.78, 5) is 15.1. The lowest BCUT2D eigenvalue weighted by molar-refractivity contribution is 0.415. The van der Waals surface area contributed by atoms with E-state index in [1.807, 2.05) is 38.1 Å². The van der Waals surface area contributed by atoms with Crippen LogP contribution >= 0.6 is 0 Å². The standard InChI is InChI=1S/C16H18N4O2/c1-9-15(10(2)20-19-9)17-8-12-6-11-7-13(22-3)4-5-14(11)18-16(12)21/h4-7,17H,8H2,1-3H3,(H,18,21)(H,19,20). The first-order chi connectivity index (χ1) is 10.6. The molecule has 2 aromatic heterocycles. The predicted molar refractivity (Wildman–Crippen MR) is 86.5 cm³/mol. The molecular weight excluding hydrogens is 280 g/mol. The Bertz CT molecular complexity index is 860. The molecule has 0 saturated heterocycles. The van der Waals surface area contributed by atoms with Gasteiger partial charge in [-0.2, -0.15) is 5.10 Å². The Balaban J connectivity index is 1.93. The van der Waals surface area contributed by atoms with Crippen LogP contribution in [0.25, 0.3) is 10.9 Å². The van der Waals surface area contributed by atoms with Gasteiger partial charge in [-0.15, -0.1) is 0 Å². The van der Waals surface area contributed by atoms with Crippen LogP contribution in [-0.2, 0) is 6.54 Å². The topological polar surface area (TPSA) is 82.8 Å². The Morgan fingerprint density at radius 2 is 2.09 bits per heavy atom. The van der Waals surface area contributed by atoms with Gasteiger partial charge in [0, 0.05) is 23.0 Å². The zero-order chi connectivity index (χ0) is 15.7. The monoisotopic (exact) mass is 298 g/mol. The summed E-state index contributed by atoms with van der Waals surface area (Å²) in [6, 6.07) is 7.46. The third-order valence-electron chi connectivity index (χ3n) is 3.71. The fourth-order valence-corrected chi connectivity index (χ4v) is 2.48. The summed E-state index contributed by atoms with van der Waals surface area (Å²) in [7, 11) is 1.62. The highest BCUT2D eigenvalue weighted by atomic mass is 16.5. The fraction of sp³-hybridized carbons (Fsp3) is 0.250. The number of anilines is 1. The normalized spacial score (nSPS) is 10.9. The molecule has 0 aliphatic heterocycles. The Kier molecular flexibility index (Phi) is 3.58. The minimum atomic E-state index is -0.0935. The first-order valence-corrected chi connectivity index (χ1v) is 7.04. The van der Waals surface area contributed by atoms with Gasteiger partial charge >= 0.3 is 0 Å². The van der Waals surface area contributed by atoms with E-state index in [9.17, 15) is 4.79 Å². The van der Waals surface area contributed by atoms with E-state index < -0.39 is 0 Å². The maximum Gasteiger partial charge on any atom is 0.253 e. The Hall–Kier alpha value is -2.76. The average molecular weight is 298 g/mol. The molecule has 0 fully saturated rings. The van der Waals surface area contributed by atoms with E-state index in [-0.39, 0.29) is 5.56 Å². The van der Waals surface area contributed by atoms with Crippen LogP contribution in [0.3, 0.4) is 0 Å². The van der Waals surface area contributed by atoms with E-state index in [1.54, 1.807) is 7.11 Å². The highest BCUT2D eigenvalue weighted by molar-refractivity contribution is 5.80. The van der Waals surface area contributed by atoms with Crippen molar-refractivity contribution < 1.29 is 4.74 Å². The molecule has 3 N–H and O–H groups in total. The van der Waals surface area contributed by atoms with Gasteiger partial charge in [-0.3, -0.25) is 9.89 Å². The SMILES string of the molecule is COc1ccc2[nH]c(=O)c(CNc3c(C)n[nH]c3C)cc2c1. The molecule has 0 spiro atoms. The van der Waals surface area contributed by atoms with Crippen LogP contribution in [0.4, 0.5) is 5.69 Å². The summed E-state index contributed by atoms with van der Waals surface area (Å²) in [6.45, 7) is 4.29. The molecule has 3 rings (SSSR count). The van der Waals surface area contributed by atoms with E-state index in [4.69, 9.17) is 4.74 Å². The van der Waals surface area contributed by atoms with Gasteiger partial charge in [0.2, 0.25) is 0 Å². The van der Waals surface area contributed by atoms with Crippen molar-refractivity contribution in [2.24, 2.45) is 0 Å². The number of ether oxygens (including phenoxy) is 1. The quantitative estimate of drug-likeness (QED) is 0.691. The van der Waals surface area contributed by atoms with Gasteiger partial charge in [-0.25, -0.2) is 0 Å². The number of methoxy groups -OCH3 is 1. The summed E-state index contributed by atoms with van der Waals surface area (Å²) < 4.78 is 5.22. The highest BCUT2D eigenvalue weighted by Crippen LogP contribution is 2.20. The molecule has 0 atom stereocenters. The summed E-state index contributed by atoms with van der Waals surface area (Å²) in [6.07, 6.45) is 0. The largest absolute Gasteiger partial charge is 0.497 e. The van der Waals surface area contributed by atoms with Crippen molar-refractivity contribution in [2.45, 2.75) is 20.4 Å². The van der Waals surface area contributed by atoms with Crippen molar-refractivity contribution in [3.63, 3.8) is 0 Å². The Morgan fingerprint density at radius 3 is 2.77 bits per heavy atom. The maximum absolute atomic E-state index is 12.2. The van der Waals surface area contributed by atoms with E-state index in [0.717, 1.165) is 33.7 Å². The van der Waals surface area contributed by atoms with E-state index in [1.165, 1.54) is 0 Å². The molecule has 0 amide bonds. The number of nitrogens with zero attached hydrogens (tertiary/aromatic N) is 1. The molecule has 114 valence electrons. The zero-order valence-electron chi connectivity index (χ0n) is 12.8. The lowest BCUT2D eigenvalue weighted by atomic mass is 10.1. The molecule has 3 aromatic rings. The third kappa shape index (κ3) is 2.55. The molecule has 0 bridgehead atoms. The second-order valence-corrected chi connectivity index (χ2v) is 5.24. The Morgan fingerprint density at radius 1 is 1.27 bits per heavy atom. The average Bonchev–Trinajstić information content (AvgIpc) is 2.83.